The Bertz CT molecular complexity index is 1040. The van der Waals surface area contributed by atoms with Crippen LogP contribution in [0.5, 0.6) is 5.75 Å². The Kier molecular flexibility index (Phi) is 8.48. The molecule has 2 aliphatic rings. The highest BCUT2D eigenvalue weighted by Gasteiger charge is 2.38. The van der Waals surface area contributed by atoms with E-state index >= 15 is 0 Å². The van der Waals surface area contributed by atoms with E-state index in [1.54, 1.807) is 25.2 Å². The lowest BCUT2D eigenvalue weighted by Gasteiger charge is -2.37. The van der Waals surface area contributed by atoms with E-state index in [1.165, 1.54) is 6.07 Å². The largest absolute Gasteiger partial charge is 0.490 e. The summed E-state index contributed by atoms with van der Waals surface area (Å²) in [6, 6.07) is 8.73. The van der Waals surface area contributed by atoms with Gasteiger partial charge in [0.1, 0.15) is 11.3 Å². The number of carbonyl (C=O) groups excluding carboxylic acids is 1. The fourth-order valence-electron chi connectivity index (χ4n) is 6.13. The van der Waals surface area contributed by atoms with E-state index in [-0.39, 0.29) is 35.1 Å². The predicted octanol–water partition coefficient (Wildman–Crippen LogP) is 7.12. The van der Waals surface area contributed by atoms with Gasteiger partial charge in [0.25, 0.3) is 0 Å². The first-order valence-electron chi connectivity index (χ1n) is 13.5. The Balaban J connectivity index is 1.62. The van der Waals surface area contributed by atoms with Crippen molar-refractivity contribution in [3.8, 4) is 5.75 Å². The number of amides is 1. The van der Waals surface area contributed by atoms with Crippen LogP contribution < -0.4 is 10.1 Å². The molecular weight excluding hydrogens is 465 g/mol. The molecule has 1 unspecified atom stereocenters. The molecule has 36 heavy (non-hydrogen) atoms. The summed E-state index contributed by atoms with van der Waals surface area (Å²) in [4.78, 5) is 14.3. The molecule has 2 aromatic carbocycles. The van der Waals surface area contributed by atoms with Crippen molar-refractivity contribution in [2.24, 2.45) is 11.8 Å². The van der Waals surface area contributed by atoms with Crippen molar-refractivity contribution in [1.82, 2.24) is 10.2 Å². The summed E-state index contributed by atoms with van der Waals surface area (Å²) in [5.74, 6) is 0.674. The molecule has 0 aromatic heterocycles. The van der Waals surface area contributed by atoms with E-state index < -0.39 is 11.7 Å². The number of likely N-dealkylation sites (tertiary alicyclic amines) is 1. The van der Waals surface area contributed by atoms with Crippen LogP contribution in [0.15, 0.2) is 30.3 Å². The van der Waals surface area contributed by atoms with Crippen molar-refractivity contribution in [2.75, 3.05) is 20.1 Å². The molecule has 2 fully saturated rings. The number of ether oxygens (including phenoxy) is 1. The summed E-state index contributed by atoms with van der Waals surface area (Å²) >= 11 is 0. The zero-order valence-electron chi connectivity index (χ0n) is 21.7. The van der Waals surface area contributed by atoms with Gasteiger partial charge in [-0.1, -0.05) is 38.5 Å². The summed E-state index contributed by atoms with van der Waals surface area (Å²) in [6.45, 7) is 5.74. The molecule has 1 aliphatic carbocycles. The molecule has 0 spiro atoms. The Morgan fingerprint density at radius 1 is 1.06 bits per heavy atom. The number of nitrogens with zero attached hydrogens (tertiary/aromatic N) is 1. The number of benzene rings is 2. The van der Waals surface area contributed by atoms with Crippen molar-refractivity contribution in [3.05, 3.63) is 41.5 Å². The van der Waals surface area contributed by atoms with E-state index in [4.69, 9.17) is 4.74 Å². The lowest BCUT2D eigenvalue weighted by Crippen LogP contribution is -2.41. The molecule has 198 valence electrons. The number of hydrogen-bond donors (Lipinski definition) is 1. The molecule has 4 rings (SSSR count). The number of rotatable bonds is 7. The summed E-state index contributed by atoms with van der Waals surface area (Å²) in [6.07, 6.45) is 2.36. The van der Waals surface area contributed by atoms with Crippen LogP contribution in [0, 0.1) is 11.8 Å². The molecule has 1 saturated carbocycles. The smallest absolute Gasteiger partial charge is 0.420 e. The van der Waals surface area contributed by atoms with E-state index in [1.807, 2.05) is 6.07 Å². The van der Waals surface area contributed by atoms with Gasteiger partial charge in [0.15, 0.2) is 0 Å². The minimum Gasteiger partial charge on any atom is -0.490 e. The Labute approximate surface area is 212 Å². The number of halogens is 3. The van der Waals surface area contributed by atoms with Gasteiger partial charge < -0.3 is 10.1 Å². The topological polar surface area (TPSA) is 41.6 Å². The maximum Gasteiger partial charge on any atom is 0.420 e. The first-order chi connectivity index (χ1) is 17.2. The maximum atomic E-state index is 14.4. The van der Waals surface area contributed by atoms with E-state index in [2.05, 4.69) is 24.1 Å². The predicted molar refractivity (Wildman–Crippen MR) is 137 cm³/mol. The zero-order valence-corrected chi connectivity index (χ0v) is 21.7. The van der Waals surface area contributed by atoms with Gasteiger partial charge in [0.2, 0.25) is 5.91 Å². The van der Waals surface area contributed by atoms with Crippen molar-refractivity contribution in [3.63, 3.8) is 0 Å². The fraction of sp³-hybridized carbons (Fsp3) is 0.621. The normalized spacial score (nSPS) is 22.9. The van der Waals surface area contributed by atoms with Gasteiger partial charge in [-0.2, -0.15) is 13.2 Å². The standard InChI is InChI=1S/C29H39F3N2O2/c1-4-19-6-11-23(12-7-19)36-26-13-10-20-8-9-22(18-24(20)27(26)29(30,31)32)25(5-2)34-16-14-21(15-17-34)28(35)33-3/h8-10,13,18-19,21,23,25H,4-7,11-12,14-17H2,1-3H3,(H,33,35). The Morgan fingerprint density at radius 2 is 1.72 bits per heavy atom. The highest BCUT2D eigenvalue weighted by Crippen LogP contribution is 2.44. The minimum atomic E-state index is -4.51. The molecule has 1 heterocycles. The van der Waals surface area contributed by atoms with Gasteiger partial charge in [-0.25, -0.2) is 0 Å². The SMILES string of the molecule is CCC1CCC(Oc2ccc3ccc(C(CC)N4CCC(C(=O)NC)CC4)cc3c2C(F)(F)F)CC1. The summed E-state index contributed by atoms with van der Waals surface area (Å²) in [5, 5.41) is 3.51. The van der Waals surface area contributed by atoms with Gasteiger partial charge in [-0.15, -0.1) is 0 Å². The Morgan fingerprint density at radius 3 is 2.31 bits per heavy atom. The van der Waals surface area contributed by atoms with E-state index in [0.29, 0.717) is 11.3 Å². The van der Waals surface area contributed by atoms with Crippen molar-refractivity contribution >= 4 is 16.7 Å². The molecule has 0 bridgehead atoms. The number of nitrogens with one attached hydrogen (secondary N) is 1. The monoisotopic (exact) mass is 504 g/mol. The third-order valence-electron chi connectivity index (χ3n) is 8.31. The van der Waals surface area contributed by atoms with Crippen molar-refractivity contribution in [1.29, 1.82) is 0 Å². The van der Waals surface area contributed by atoms with Crippen LogP contribution in [0.2, 0.25) is 0 Å². The van der Waals surface area contributed by atoms with Crippen LogP contribution in [0.25, 0.3) is 10.8 Å². The summed E-state index contributed by atoms with van der Waals surface area (Å²) in [7, 11) is 1.66. The molecule has 1 atom stereocenters. The van der Waals surface area contributed by atoms with Crippen LogP contribution in [0.3, 0.4) is 0 Å². The lowest BCUT2D eigenvalue weighted by atomic mass is 9.86. The summed E-state index contributed by atoms with van der Waals surface area (Å²) in [5.41, 5.74) is 0.224. The molecule has 0 radical (unpaired) electrons. The summed E-state index contributed by atoms with van der Waals surface area (Å²) < 4.78 is 49.4. The van der Waals surface area contributed by atoms with Gasteiger partial charge >= 0.3 is 6.18 Å². The van der Waals surface area contributed by atoms with Gasteiger partial charge in [0, 0.05) is 19.0 Å². The number of piperidine rings is 1. The van der Waals surface area contributed by atoms with Crippen LogP contribution >= 0.6 is 0 Å². The van der Waals surface area contributed by atoms with Crippen LogP contribution in [0.1, 0.15) is 82.4 Å². The zero-order chi connectivity index (χ0) is 25.9. The van der Waals surface area contributed by atoms with Crippen molar-refractivity contribution in [2.45, 2.75) is 83.5 Å². The average molecular weight is 505 g/mol. The molecule has 2 aromatic rings. The first-order valence-corrected chi connectivity index (χ1v) is 13.5. The highest BCUT2D eigenvalue weighted by molar-refractivity contribution is 5.89. The second-order valence-electron chi connectivity index (χ2n) is 10.4. The second kappa shape index (κ2) is 11.4. The maximum absolute atomic E-state index is 14.4. The van der Waals surface area contributed by atoms with E-state index in [9.17, 15) is 18.0 Å². The van der Waals surface area contributed by atoms with Crippen LogP contribution in [-0.2, 0) is 11.0 Å². The van der Waals surface area contributed by atoms with Crippen LogP contribution in [0.4, 0.5) is 13.2 Å². The van der Waals surface area contributed by atoms with Gasteiger partial charge in [-0.3, -0.25) is 9.69 Å². The van der Waals surface area contributed by atoms with Gasteiger partial charge in [0.05, 0.1) is 6.10 Å². The molecule has 1 aliphatic heterocycles. The Hall–Kier alpha value is -2.28. The fourth-order valence-corrected chi connectivity index (χ4v) is 6.13. The third kappa shape index (κ3) is 5.82. The second-order valence-corrected chi connectivity index (χ2v) is 10.4. The van der Waals surface area contributed by atoms with Gasteiger partial charge in [-0.05, 0) is 92.4 Å². The number of carbonyl (C=O) groups is 1. The number of alkyl halides is 3. The third-order valence-corrected chi connectivity index (χ3v) is 8.31. The average Bonchev–Trinajstić information content (AvgIpc) is 2.88. The highest BCUT2D eigenvalue weighted by atomic mass is 19.4. The molecular formula is C29H39F3N2O2. The molecule has 1 amide bonds. The molecule has 4 nitrogen and oxygen atoms in total. The minimum absolute atomic E-state index is 0.00397. The molecule has 1 N–H and O–H groups in total. The van der Waals surface area contributed by atoms with E-state index in [0.717, 1.165) is 70.0 Å². The van der Waals surface area contributed by atoms with Crippen molar-refractivity contribution < 1.29 is 22.7 Å². The van der Waals surface area contributed by atoms with Crippen LogP contribution in [-0.4, -0.2) is 37.0 Å². The number of hydrogen-bond acceptors (Lipinski definition) is 3. The quantitative estimate of drug-likeness (QED) is 0.437. The molecule has 7 heteroatoms. The lowest BCUT2D eigenvalue weighted by molar-refractivity contribution is -0.138. The first kappa shape index (κ1) is 26.8. The number of fused-ring (bicyclic) bond motifs is 1. The molecule has 1 saturated heterocycles.